The topological polar surface area (TPSA) is 9.23 Å². The predicted molar refractivity (Wildman–Crippen MR) is 35.6 cm³/mol. The van der Waals surface area contributed by atoms with Gasteiger partial charge in [-0.25, -0.2) is 0 Å². The first-order valence-corrected chi connectivity index (χ1v) is 2.79. The Kier molecular flexibility index (Phi) is 5.71. The van der Waals surface area contributed by atoms with E-state index >= 15 is 0 Å². The lowest BCUT2D eigenvalue weighted by atomic mass is 10.4. The minimum absolute atomic E-state index is 0.650. The van der Waals surface area contributed by atoms with E-state index in [4.69, 9.17) is 4.74 Å². The van der Waals surface area contributed by atoms with Crippen molar-refractivity contribution in [2.75, 3.05) is 6.61 Å². The molecule has 0 amide bonds. The van der Waals surface area contributed by atoms with E-state index in [0.29, 0.717) is 6.61 Å². The van der Waals surface area contributed by atoms with Crippen LogP contribution in [-0.4, -0.2) is 6.61 Å². The zero-order valence-electron chi connectivity index (χ0n) is 5.26. The summed E-state index contributed by atoms with van der Waals surface area (Å²) < 4.78 is 4.81. The van der Waals surface area contributed by atoms with E-state index in [2.05, 4.69) is 19.6 Å². The van der Waals surface area contributed by atoms with E-state index in [1.54, 1.807) is 0 Å². The zero-order chi connectivity index (χ0) is 6.24. The van der Waals surface area contributed by atoms with Crippen molar-refractivity contribution in [1.82, 2.24) is 0 Å². The van der Waals surface area contributed by atoms with Gasteiger partial charge in [0.25, 0.3) is 0 Å². The maximum atomic E-state index is 4.81. The largest absolute Gasteiger partial charge is 0.498 e. The highest BCUT2D eigenvalue weighted by atomic mass is 16.5. The summed E-state index contributed by atoms with van der Waals surface area (Å²) in [5.41, 5.74) is 0. The molecule has 0 heterocycles. The van der Waals surface area contributed by atoms with E-state index in [0.717, 1.165) is 6.42 Å². The van der Waals surface area contributed by atoms with Crippen LogP contribution >= 0.6 is 0 Å². The molecule has 0 fully saturated rings. The second-order valence-electron chi connectivity index (χ2n) is 1.38. The van der Waals surface area contributed by atoms with Crippen molar-refractivity contribution in [3.63, 3.8) is 0 Å². The summed E-state index contributed by atoms with van der Waals surface area (Å²) in [6.45, 7) is 6.14. The monoisotopic (exact) mass is 112 g/mol. The molecule has 0 radical (unpaired) electrons. The van der Waals surface area contributed by atoms with Gasteiger partial charge in [0.05, 0.1) is 6.26 Å². The van der Waals surface area contributed by atoms with Gasteiger partial charge < -0.3 is 4.74 Å². The standard InChI is InChI=1S/C7H12O/c1-3-5-6-7-8-4-2/h4-6H,2-3,7H2,1H3/b6-5+. The van der Waals surface area contributed by atoms with Gasteiger partial charge in [-0.2, -0.15) is 0 Å². The Balaban J connectivity index is 2.90. The Hall–Kier alpha value is -0.720. The minimum atomic E-state index is 0.650. The summed E-state index contributed by atoms with van der Waals surface area (Å²) in [5, 5.41) is 0. The fraction of sp³-hybridized carbons (Fsp3) is 0.429. The third kappa shape index (κ3) is 5.28. The molecule has 0 saturated heterocycles. The number of rotatable bonds is 4. The number of ether oxygens (including phenoxy) is 1. The molecule has 8 heavy (non-hydrogen) atoms. The molecule has 0 aromatic heterocycles. The molecule has 0 aliphatic heterocycles. The van der Waals surface area contributed by atoms with Gasteiger partial charge in [0.15, 0.2) is 0 Å². The van der Waals surface area contributed by atoms with E-state index in [1.165, 1.54) is 6.26 Å². The quantitative estimate of drug-likeness (QED) is 0.307. The van der Waals surface area contributed by atoms with Crippen LogP contribution in [0.5, 0.6) is 0 Å². The fourth-order valence-corrected chi connectivity index (χ4v) is 0.358. The maximum Gasteiger partial charge on any atom is 0.105 e. The molecule has 46 valence electrons. The predicted octanol–water partition coefficient (Wildman–Crippen LogP) is 2.11. The van der Waals surface area contributed by atoms with Gasteiger partial charge in [-0.3, -0.25) is 0 Å². The van der Waals surface area contributed by atoms with Crippen LogP contribution in [0.4, 0.5) is 0 Å². The molecular formula is C7H12O. The molecule has 0 bridgehead atoms. The van der Waals surface area contributed by atoms with Crippen LogP contribution < -0.4 is 0 Å². The summed E-state index contributed by atoms with van der Waals surface area (Å²) >= 11 is 0. The van der Waals surface area contributed by atoms with E-state index in [-0.39, 0.29) is 0 Å². The van der Waals surface area contributed by atoms with Gasteiger partial charge in [0.1, 0.15) is 6.61 Å². The lowest BCUT2D eigenvalue weighted by Crippen LogP contribution is -1.77. The molecule has 0 N–H and O–H groups in total. The van der Waals surface area contributed by atoms with Crippen LogP contribution in [0.1, 0.15) is 13.3 Å². The van der Waals surface area contributed by atoms with Crippen molar-refractivity contribution < 1.29 is 4.74 Å². The third-order valence-corrected chi connectivity index (χ3v) is 0.713. The highest BCUT2D eigenvalue weighted by Crippen LogP contribution is 1.80. The number of allylic oxidation sites excluding steroid dienone is 1. The Morgan fingerprint density at radius 2 is 2.25 bits per heavy atom. The summed E-state index contributed by atoms with van der Waals surface area (Å²) in [5.74, 6) is 0. The second kappa shape index (κ2) is 6.28. The average molecular weight is 112 g/mol. The van der Waals surface area contributed by atoms with Gasteiger partial charge in [-0.1, -0.05) is 25.7 Å². The first-order chi connectivity index (χ1) is 3.91. The first kappa shape index (κ1) is 7.28. The van der Waals surface area contributed by atoms with E-state index in [1.807, 2.05) is 6.08 Å². The summed E-state index contributed by atoms with van der Waals surface area (Å²) in [7, 11) is 0. The normalized spacial score (nSPS) is 9.62. The van der Waals surface area contributed by atoms with Gasteiger partial charge >= 0.3 is 0 Å². The molecule has 0 aromatic rings. The third-order valence-electron chi connectivity index (χ3n) is 0.713. The van der Waals surface area contributed by atoms with Crippen molar-refractivity contribution in [2.45, 2.75) is 13.3 Å². The molecule has 0 unspecified atom stereocenters. The van der Waals surface area contributed by atoms with Crippen LogP contribution in [0.2, 0.25) is 0 Å². The zero-order valence-corrected chi connectivity index (χ0v) is 5.26. The molecule has 0 aromatic carbocycles. The smallest absolute Gasteiger partial charge is 0.105 e. The van der Waals surface area contributed by atoms with E-state index < -0.39 is 0 Å². The Morgan fingerprint density at radius 1 is 1.50 bits per heavy atom. The summed E-state index contributed by atoms with van der Waals surface area (Å²) in [6, 6.07) is 0. The molecule has 0 aliphatic rings. The Bertz CT molecular complexity index is 74.5. The highest BCUT2D eigenvalue weighted by Gasteiger charge is 1.68. The lowest BCUT2D eigenvalue weighted by Gasteiger charge is -1.89. The molecule has 0 aliphatic carbocycles. The van der Waals surface area contributed by atoms with Crippen LogP contribution in [0, 0.1) is 0 Å². The van der Waals surface area contributed by atoms with Crippen LogP contribution in [0.3, 0.4) is 0 Å². The Morgan fingerprint density at radius 3 is 2.75 bits per heavy atom. The molecule has 0 saturated carbocycles. The van der Waals surface area contributed by atoms with Crippen molar-refractivity contribution in [3.8, 4) is 0 Å². The van der Waals surface area contributed by atoms with Crippen LogP contribution in [0.15, 0.2) is 25.0 Å². The summed E-state index contributed by atoms with van der Waals surface area (Å²) in [4.78, 5) is 0. The molecular weight excluding hydrogens is 100 g/mol. The maximum absolute atomic E-state index is 4.81. The van der Waals surface area contributed by atoms with Crippen molar-refractivity contribution in [3.05, 3.63) is 25.0 Å². The van der Waals surface area contributed by atoms with Crippen molar-refractivity contribution in [2.24, 2.45) is 0 Å². The van der Waals surface area contributed by atoms with Crippen LogP contribution in [-0.2, 0) is 4.74 Å². The van der Waals surface area contributed by atoms with Gasteiger partial charge in [-0.15, -0.1) is 0 Å². The molecule has 1 heteroatoms. The van der Waals surface area contributed by atoms with Gasteiger partial charge in [-0.05, 0) is 6.42 Å². The van der Waals surface area contributed by atoms with Gasteiger partial charge in [0, 0.05) is 0 Å². The fourth-order valence-electron chi connectivity index (χ4n) is 0.358. The van der Waals surface area contributed by atoms with Crippen LogP contribution in [0.25, 0.3) is 0 Å². The Labute approximate surface area is 50.7 Å². The SMILES string of the molecule is C=COC/C=C/CC. The first-order valence-electron chi connectivity index (χ1n) is 2.79. The van der Waals surface area contributed by atoms with Crippen molar-refractivity contribution in [1.29, 1.82) is 0 Å². The minimum Gasteiger partial charge on any atom is -0.498 e. The number of hydrogen-bond donors (Lipinski definition) is 0. The lowest BCUT2D eigenvalue weighted by molar-refractivity contribution is 0.291. The molecule has 0 atom stereocenters. The van der Waals surface area contributed by atoms with E-state index in [9.17, 15) is 0 Å². The second-order valence-corrected chi connectivity index (χ2v) is 1.38. The molecule has 0 spiro atoms. The highest BCUT2D eigenvalue weighted by molar-refractivity contribution is 4.80. The number of hydrogen-bond acceptors (Lipinski definition) is 1. The van der Waals surface area contributed by atoms with Gasteiger partial charge in [0.2, 0.25) is 0 Å². The average Bonchev–Trinajstić information content (AvgIpc) is 1.81. The van der Waals surface area contributed by atoms with Crippen molar-refractivity contribution >= 4 is 0 Å². The summed E-state index contributed by atoms with van der Waals surface area (Å²) in [6.07, 6.45) is 6.55. The molecule has 0 rings (SSSR count). The molecule has 1 nitrogen and oxygen atoms in total.